The van der Waals surface area contributed by atoms with E-state index in [1.165, 1.54) is 12.5 Å². The van der Waals surface area contributed by atoms with Crippen molar-refractivity contribution in [2.75, 3.05) is 24.7 Å². The van der Waals surface area contributed by atoms with Gasteiger partial charge in [-0.25, -0.2) is 0 Å². The molecule has 0 fully saturated rings. The minimum atomic E-state index is -4.60. The summed E-state index contributed by atoms with van der Waals surface area (Å²) in [5.74, 6) is -0.869. The summed E-state index contributed by atoms with van der Waals surface area (Å²) in [5.41, 5.74) is 0. The quantitative estimate of drug-likeness (QED) is 0.323. The largest absolute Gasteiger partial charge is 0.494 e. The Kier molecular flexibility index (Phi) is 11.4. The first kappa shape index (κ1) is 23.6. The summed E-state index contributed by atoms with van der Waals surface area (Å²) in [6.07, 6.45) is 4.72. The molecule has 0 aliphatic rings. The molecule has 0 heterocycles. The summed E-state index contributed by atoms with van der Waals surface area (Å²) in [4.78, 5) is 0. The monoisotopic (exact) mass is 406 g/mol. The Balaban J connectivity index is 4.64. The normalized spacial score (nSPS) is 13.6. The van der Waals surface area contributed by atoms with Gasteiger partial charge in [-0.1, -0.05) is 13.8 Å². The molecular formula is C14H24F2O7S2. The molecule has 0 spiro atoms. The highest BCUT2D eigenvalue weighted by atomic mass is 32.3. The number of halogens is 2. The van der Waals surface area contributed by atoms with Crippen molar-refractivity contribution < 1.29 is 38.8 Å². The van der Waals surface area contributed by atoms with Gasteiger partial charge in [-0.3, -0.25) is 0 Å². The Morgan fingerprint density at radius 2 is 1.16 bits per heavy atom. The van der Waals surface area contributed by atoms with Gasteiger partial charge in [0, 0.05) is 12.8 Å². The molecule has 148 valence electrons. The first-order valence-corrected chi connectivity index (χ1v) is 10.8. The second-order valence-electron chi connectivity index (χ2n) is 4.99. The molecule has 0 unspecified atom stereocenters. The SMILES string of the molecule is CCCC(=COC=C(CCC)OCCS(=O)(=O)F)OCCS(=O)(=O)F. The molecule has 0 amide bonds. The van der Waals surface area contributed by atoms with Gasteiger partial charge in [0.05, 0.1) is 0 Å². The van der Waals surface area contributed by atoms with Crippen LogP contribution < -0.4 is 0 Å². The molecule has 11 heteroatoms. The highest BCUT2D eigenvalue weighted by Crippen LogP contribution is 2.11. The number of allylic oxidation sites excluding steroid dienone is 2. The minimum absolute atomic E-state index is 0.324. The van der Waals surface area contributed by atoms with Crippen LogP contribution in [0.3, 0.4) is 0 Å². The van der Waals surface area contributed by atoms with E-state index in [0.717, 1.165) is 0 Å². The molecule has 7 nitrogen and oxygen atoms in total. The average Bonchev–Trinajstić information content (AvgIpc) is 2.44. The van der Waals surface area contributed by atoms with Crippen LogP contribution in [-0.4, -0.2) is 41.6 Å². The van der Waals surface area contributed by atoms with Crippen LogP contribution in [0.2, 0.25) is 0 Å². The lowest BCUT2D eigenvalue weighted by Crippen LogP contribution is -2.08. The van der Waals surface area contributed by atoms with Gasteiger partial charge in [-0.05, 0) is 12.8 Å². The molecule has 0 aliphatic heterocycles. The predicted molar refractivity (Wildman–Crippen MR) is 88.8 cm³/mol. The highest BCUT2D eigenvalue weighted by molar-refractivity contribution is 7.86. The van der Waals surface area contributed by atoms with E-state index < -0.39 is 32.0 Å². The maximum absolute atomic E-state index is 12.4. The maximum atomic E-state index is 12.4. The molecule has 0 N–H and O–H groups in total. The molecule has 0 atom stereocenters. The van der Waals surface area contributed by atoms with Gasteiger partial charge in [0.2, 0.25) is 0 Å². The van der Waals surface area contributed by atoms with Crippen LogP contribution in [0.15, 0.2) is 24.0 Å². The lowest BCUT2D eigenvalue weighted by Gasteiger charge is -2.10. The van der Waals surface area contributed by atoms with Gasteiger partial charge >= 0.3 is 20.4 Å². The summed E-state index contributed by atoms with van der Waals surface area (Å²) >= 11 is 0. The van der Waals surface area contributed by atoms with Gasteiger partial charge in [0.25, 0.3) is 0 Å². The first-order chi connectivity index (χ1) is 11.6. The Hall–Kier alpha value is -1.36. The van der Waals surface area contributed by atoms with Crippen molar-refractivity contribution in [3.63, 3.8) is 0 Å². The summed E-state index contributed by atoms with van der Waals surface area (Å²) in [6.45, 7) is 3.04. The van der Waals surface area contributed by atoms with E-state index >= 15 is 0 Å². The lowest BCUT2D eigenvalue weighted by atomic mass is 10.3. The Morgan fingerprint density at radius 1 is 0.800 bits per heavy atom. The molecule has 0 aromatic rings. The fourth-order valence-electron chi connectivity index (χ4n) is 1.55. The van der Waals surface area contributed by atoms with Gasteiger partial charge < -0.3 is 14.2 Å². The zero-order chi connectivity index (χ0) is 19.3. The molecule has 0 aromatic carbocycles. The summed E-state index contributed by atoms with van der Waals surface area (Å²) in [6, 6.07) is 0. The zero-order valence-corrected chi connectivity index (χ0v) is 15.9. The van der Waals surface area contributed by atoms with Crippen molar-refractivity contribution in [3.8, 4) is 0 Å². The van der Waals surface area contributed by atoms with Crippen LogP contribution in [-0.2, 0) is 34.7 Å². The summed E-state index contributed by atoms with van der Waals surface area (Å²) < 4.78 is 82.0. The Morgan fingerprint density at radius 3 is 1.44 bits per heavy atom. The number of rotatable bonds is 14. The third-order valence-electron chi connectivity index (χ3n) is 2.62. The Bertz CT molecular complexity index is 584. The third-order valence-corrected chi connectivity index (χ3v) is 3.93. The van der Waals surface area contributed by atoms with Crippen LogP contribution in [0.1, 0.15) is 39.5 Å². The standard InChI is InChI=1S/C14H24F2O7S2/c1-3-5-13(22-7-9-24(15,17)18)11-21-12-14(6-4-2)23-8-10-25(16,19)20/h11-12H,3-10H2,1-2H3. The van der Waals surface area contributed by atoms with Crippen molar-refractivity contribution >= 4 is 20.4 Å². The maximum Gasteiger partial charge on any atom is 0.305 e. The van der Waals surface area contributed by atoms with Crippen LogP contribution in [0.4, 0.5) is 7.77 Å². The van der Waals surface area contributed by atoms with Gasteiger partial charge in [0.15, 0.2) is 0 Å². The van der Waals surface area contributed by atoms with Crippen LogP contribution in [0.5, 0.6) is 0 Å². The topological polar surface area (TPSA) is 96.0 Å². The smallest absolute Gasteiger partial charge is 0.305 e. The second-order valence-corrected chi connectivity index (χ2v) is 7.96. The average molecular weight is 406 g/mol. The summed E-state index contributed by atoms with van der Waals surface area (Å²) in [7, 11) is -9.21. The second kappa shape index (κ2) is 12.1. The zero-order valence-electron chi connectivity index (χ0n) is 14.2. The Labute approximate surface area is 148 Å². The first-order valence-electron chi connectivity index (χ1n) is 7.71. The van der Waals surface area contributed by atoms with Gasteiger partial charge in [-0.15, -0.1) is 7.77 Å². The molecule has 0 saturated carbocycles. The molecule has 0 rings (SSSR count). The van der Waals surface area contributed by atoms with E-state index in [2.05, 4.69) is 0 Å². The van der Waals surface area contributed by atoms with Crippen LogP contribution in [0.25, 0.3) is 0 Å². The molecule has 0 radical (unpaired) electrons. The fourth-order valence-corrected chi connectivity index (χ4v) is 2.12. The molecule has 0 aromatic heterocycles. The van der Waals surface area contributed by atoms with Gasteiger partial charge in [0.1, 0.15) is 48.8 Å². The molecule has 0 aliphatic carbocycles. The summed E-state index contributed by atoms with van der Waals surface area (Å²) in [5, 5.41) is 0. The predicted octanol–water partition coefficient (Wildman–Crippen LogP) is 2.92. The van der Waals surface area contributed by atoms with Crippen molar-refractivity contribution in [3.05, 3.63) is 24.0 Å². The fraction of sp³-hybridized carbons (Fsp3) is 0.714. The van der Waals surface area contributed by atoms with Crippen molar-refractivity contribution in [2.24, 2.45) is 0 Å². The molecular weight excluding hydrogens is 382 g/mol. The van der Waals surface area contributed by atoms with Crippen molar-refractivity contribution in [2.45, 2.75) is 39.5 Å². The number of hydrogen-bond donors (Lipinski definition) is 0. The number of hydrogen-bond acceptors (Lipinski definition) is 7. The van der Waals surface area contributed by atoms with E-state index in [0.29, 0.717) is 37.2 Å². The van der Waals surface area contributed by atoms with E-state index in [1.807, 2.05) is 13.8 Å². The van der Waals surface area contributed by atoms with Crippen molar-refractivity contribution in [1.82, 2.24) is 0 Å². The highest BCUT2D eigenvalue weighted by Gasteiger charge is 2.09. The minimum Gasteiger partial charge on any atom is -0.494 e. The van der Waals surface area contributed by atoms with Crippen LogP contribution in [0, 0.1) is 0 Å². The van der Waals surface area contributed by atoms with E-state index in [1.54, 1.807) is 0 Å². The third kappa shape index (κ3) is 15.9. The number of ether oxygens (including phenoxy) is 3. The van der Waals surface area contributed by atoms with E-state index in [4.69, 9.17) is 14.2 Å². The van der Waals surface area contributed by atoms with E-state index in [-0.39, 0.29) is 13.2 Å². The lowest BCUT2D eigenvalue weighted by molar-refractivity contribution is 0.187. The van der Waals surface area contributed by atoms with Crippen LogP contribution >= 0.6 is 0 Å². The van der Waals surface area contributed by atoms with Gasteiger partial charge in [-0.2, -0.15) is 16.8 Å². The van der Waals surface area contributed by atoms with E-state index in [9.17, 15) is 24.6 Å². The van der Waals surface area contributed by atoms with Crippen molar-refractivity contribution in [1.29, 1.82) is 0 Å². The molecule has 0 saturated heterocycles. The molecule has 0 bridgehead atoms. The molecule has 25 heavy (non-hydrogen) atoms.